The summed E-state index contributed by atoms with van der Waals surface area (Å²) in [6.07, 6.45) is 0. The first-order valence-electron chi connectivity index (χ1n) is 7.59. The first kappa shape index (κ1) is 17.0. The summed E-state index contributed by atoms with van der Waals surface area (Å²) in [5.41, 5.74) is 0.443. The molecule has 1 heterocycles. The van der Waals surface area contributed by atoms with Gasteiger partial charge in [-0.15, -0.1) is 0 Å². The number of carbonyl (C=O) groups is 1. The van der Waals surface area contributed by atoms with Crippen LogP contribution in [0.4, 0.5) is 0 Å². The molecular formula is C17H17ClN2O3S. The maximum absolute atomic E-state index is 12.6. The van der Waals surface area contributed by atoms with Gasteiger partial charge in [-0.2, -0.15) is 4.31 Å². The number of sulfonamides is 1. The maximum atomic E-state index is 12.6. The molecule has 0 spiro atoms. The molecule has 2 aromatic rings. The van der Waals surface area contributed by atoms with Crippen molar-refractivity contribution in [3.05, 3.63) is 65.2 Å². The number of nitrogens with zero attached hydrogens (tertiary/aromatic N) is 2. The van der Waals surface area contributed by atoms with Crippen LogP contribution in [-0.2, 0) is 10.0 Å². The van der Waals surface area contributed by atoms with Gasteiger partial charge in [-0.25, -0.2) is 8.42 Å². The van der Waals surface area contributed by atoms with Crippen molar-refractivity contribution in [1.29, 1.82) is 0 Å². The number of halogens is 1. The van der Waals surface area contributed by atoms with Crippen LogP contribution >= 0.6 is 11.6 Å². The van der Waals surface area contributed by atoms with Crippen molar-refractivity contribution in [3.8, 4) is 0 Å². The average molecular weight is 365 g/mol. The summed E-state index contributed by atoms with van der Waals surface area (Å²) in [6, 6.07) is 15.2. The van der Waals surface area contributed by atoms with Gasteiger partial charge in [-0.3, -0.25) is 4.79 Å². The van der Waals surface area contributed by atoms with E-state index in [1.54, 1.807) is 59.5 Å². The summed E-state index contributed by atoms with van der Waals surface area (Å²) < 4.78 is 26.6. The van der Waals surface area contributed by atoms with E-state index in [9.17, 15) is 13.2 Å². The number of benzene rings is 2. The van der Waals surface area contributed by atoms with E-state index in [4.69, 9.17) is 11.6 Å². The topological polar surface area (TPSA) is 57.7 Å². The molecule has 3 rings (SSSR count). The van der Waals surface area contributed by atoms with Crippen molar-refractivity contribution in [2.45, 2.75) is 4.90 Å². The third-order valence-electron chi connectivity index (χ3n) is 4.01. The second-order valence-corrected chi connectivity index (χ2v) is 7.83. The Balaban J connectivity index is 1.70. The number of amides is 1. The van der Waals surface area contributed by atoms with Gasteiger partial charge < -0.3 is 4.90 Å². The van der Waals surface area contributed by atoms with Gasteiger partial charge in [0.1, 0.15) is 0 Å². The van der Waals surface area contributed by atoms with Crippen molar-refractivity contribution in [3.63, 3.8) is 0 Å². The minimum atomic E-state index is -3.51. The minimum Gasteiger partial charge on any atom is -0.336 e. The Kier molecular flexibility index (Phi) is 4.89. The molecule has 0 saturated carbocycles. The average Bonchev–Trinajstić information content (AvgIpc) is 2.62. The Labute approximate surface area is 146 Å². The molecule has 126 valence electrons. The quantitative estimate of drug-likeness (QED) is 0.840. The smallest absolute Gasteiger partial charge is 0.255 e. The zero-order valence-electron chi connectivity index (χ0n) is 12.9. The van der Waals surface area contributed by atoms with Gasteiger partial charge >= 0.3 is 0 Å². The molecule has 7 heteroatoms. The fraction of sp³-hybridized carbons (Fsp3) is 0.235. The zero-order chi connectivity index (χ0) is 17.2. The van der Waals surface area contributed by atoms with E-state index in [2.05, 4.69) is 0 Å². The Morgan fingerprint density at radius 1 is 0.875 bits per heavy atom. The molecule has 1 saturated heterocycles. The van der Waals surface area contributed by atoms with Gasteiger partial charge in [-0.1, -0.05) is 41.9 Å². The molecule has 1 aliphatic heterocycles. The molecule has 24 heavy (non-hydrogen) atoms. The van der Waals surface area contributed by atoms with Gasteiger partial charge in [0.2, 0.25) is 10.0 Å². The normalized spacial score (nSPS) is 16.1. The molecule has 0 aromatic heterocycles. The largest absolute Gasteiger partial charge is 0.336 e. The summed E-state index contributed by atoms with van der Waals surface area (Å²) in [4.78, 5) is 14.4. The lowest BCUT2D eigenvalue weighted by molar-refractivity contribution is 0.0698. The number of hydrogen-bond donors (Lipinski definition) is 0. The van der Waals surface area contributed by atoms with E-state index in [1.807, 2.05) is 0 Å². The molecule has 1 aliphatic rings. The van der Waals surface area contributed by atoms with Crippen molar-refractivity contribution in [1.82, 2.24) is 9.21 Å². The van der Waals surface area contributed by atoms with Gasteiger partial charge in [0.15, 0.2) is 0 Å². The SMILES string of the molecule is O=C(c1ccccc1Cl)N1CCN(S(=O)(=O)c2ccccc2)CC1. The number of piperazine rings is 1. The van der Waals surface area contributed by atoms with Gasteiger partial charge in [0.05, 0.1) is 15.5 Å². The minimum absolute atomic E-state index is 0.169. The third-order valence-corrected chi connectivity index (χ3v) is 6.25. The predicted molar refractivity (Wildman–Crippen MR) is 92.6 cm³/mol. The van der Waals surface area contributed by atoms with Crippen molar-refractivity contribution < 1.29 is 13.2 Å². The molecular weight excluding hydrogens is 348 g/mol. The number of carbonyl (C=O) groups excluding carboxylic acids is 1. The summed E-state index contributed by atoms with van der Waals surface area (Å²) in [7, 11) is -3.51. The first-order chi connectivity index (χ1) is 11.5. The highest BCUT2D eigenvalue weighted by Crippen LogP contribution is 2.20. The second-order valence-electron chi connectivity index (χ2n) is 5.49. The highest BCUT2D eigenvalue weighted by Gasteiger charge is 2.30. The van der Waals surface area contributed by atoms with Crippen LogP contribution in [0.15, 0.2) is 59.5 Å². The number of rotatable bonds is 3. The summed E-state index contributed by atoms with van der Waals surface area (Å²) in [6.45, 7) is 1.23. The van der Waals surface area contributed by atoms with Crippen LogP contribution < -0.4 is 0 Å². The molecule has 0 bridgehead atoms. The zero-order valence-corrected chi connectivity index (χ0v) is 14.5. The van der Waals surface area contributed by atoms with Crippen LogP contribution in [0.5, 0.6) is 0 Å². The Morgan fingerprint density at radius 3 is 2.08 bits per heavy atom. The molecule has 0 aliphatic carbocycles. The first-order valence-corrected chi connectivity index (χ1v) is 9.41. The monoisotopic (exact) mass is 364 g/mol. The number of hydrogen-bond acceptors (Lipinski definition) is 3. The Hall–Kier alpha value is -1.89. The van der Waals surface area contributed by atoms with E-state index >= 15 is 0 Å². The Bertz CT molecular complexity index is 832. The lowest BCUT2D eigenvalue weighted by Crippen LogP contribution is -2.50. The molecule has 2 aromatic carbocycles. The molecule has 0 radical (unpaired) electrons. The maximum Gasteiger partial charge on any atom is 0.255 e. The predicted octanol–water partition coefficient (Wildman–Crippen LogP) is 2.49. The van der Waals surface area contributed by atoms with E-state index in [1.165, 1.54) is 4.31 Å². The highest BCUT2D eigenvalue weighted by atomic mass is 35.5. The van der Waals surface area contributed by atoms with Crippen molar-refractivity contribution in [2.24, 2.45) is 0 Å². The lowest BCUT2D eigenvalue weighted by Gasteiger charge is -2.34. The van der Waals surface area contributed by atoms with Gasteiger partial charge in [-0.05, 0) is 24.3 Å². The van der Waals surface area contributed by atoms with E-state index in [0.29, 0.717) is 23.7 Å². The summed E-state index contributed by atoms with van der Waals surface area (Å²) in [5, 5.41) is 0.404. The molecule has 1 fully saturated rings. The summed E-state index contributed by atoms with van der Waals surface area (Å²) >= 11 is 6.07. The fourth-order valence-corrected chi connectivity index (χ4v) is 4.34. The molecule has 1 amide bonds. The van der Waals surface area contributed by atoms with E-state index < -0.39 is 10.0 Å². The van der Waals surface area contributed by atoms with Gasteiger partial charge in [0.25, 0.3) is 5.91 Å². The van der Waals surface area contributed by atoms with Crippen LogP contribution in [0, 0.1) is 0 Å². The standard InChI is InChI=1S/C17H17ClN2O3S/c18-16-9-5-4-8-15(16)17(21)19-10-12-20(13-11-19)24(22,23)14-6-2-1-3-7-14/h1-9H,10-13H2. The summed E-state index contributed by atoms with van der Waals surface area (Å²) in [5.74, 6) is -0.169. The molecule has 5 nitrogen and oxygen atoms in total. The lowest BCUT2D eigenvalue weighted by atomic mass is 10.2. The fourth-order valence-electron chi connectivity index (χ4n) is 2.68. The van der Waals surface area contributed by atoms with Crippen molar-refractivity contribution in [2.75, 3.05) is 26.2 Å². The second kappa shape index (κ2) is 6.93. The molecule has 0 N–H and O–H groups in total. The van der Waals surface area contributed by atoms with E-state index in [0.717, 1.165) is 0 Å². The van der Waals surface area contributed by atoms with Crippen LogP contribution in [0.25, 0.3) is 0 Å². The van der Waals surface area contributed by atoms with E-state index in [-0.39, 0.29) is 23.9 Å². The van der Waals surface area contributed by atoms with Crippen LogP contribution in [0.2, 0.25) is 5.02 Å². The van der Waals surface area contributed by atoms with Crippen LogP contribution in [-0.4, -0.2) is 49.7 Å². The van der Waals surface area contributed by atoms with Crippen LogP contribution in [0.1, 0.15) is 10.4 Å². The third kappa shape index (κ3) is 3.31. The van der Waals surface area contributed by atoms with Crippen LogP contribution in [0.3, 0.4) is 0 Å². The van der Waals surface area contributed by atoms with Gasteiger partial charge in [0, 0.05) is 26.2 Å². The molecule has 0 atom stereocenters. The highest BCUT2D eigenvalue weighted by molar-refractivity contribution is 7.89. The van der Waals surface area contributed by atoms with Crippen molar-refractivity contribution >= 4 is 27.5 Å². The Morgan fingerprint density at radius 2 is 1.46 bits per heavy atom. The molecule has 0 unspecified atom stereocenters.